The standard InChI is InChI=1S/C26H26NO2P/c1-5-27(6-2)30-28-25-17(3)15-19-11-7-9-13-21(19)23(25)24-22-14-10-8-12-20(22)16-18(4)26(24)29-30/h7-16H,5-6H2,1-4H3. The summed E-state index contributed by atoms with van der Waals surface area (Å²) < 4.78 is 15.7. The predicted octanol–water partition coefficient (Wildman–Crippen LogP) is 8.19. The second-order valence-corrected chi connectivity index (χ2v) is 9.20. The number of nitrogens with zero attached hydrogens (tertiary/aromatic N) is 1. The molecule has 0 saturated heterocycles. The number of fused-ring (bicyclic) bond motifs is 7. The Hall–Kier alpha value is -2.74. The first-order valence-electron chi connectivity index (χ1n) is 10.6. The summed E-state index contributed by atoms with van der Waals surface area (Å²) in [7, 11) is -1.25. The van der Waals surface area contributed by atoms with Crippen LogP contribution in [0.1, 0.15) is 25.0 Å². The third kappa shape index (κ3) is 2.93. The molecule has 0 bridgehead atoms. The minimum atomic E-state index is -1.25. The van der Waals surface area contributed by atoms with Crippen LogP contribution in [-0.2, 0) is 0 Å². The molecule has 0 atom stereocenters. The predicted molar refractivity (Wildman–Crippen MR) is 130 cm³/mol. The van der Waals surface area contributed by atoms with Crippen molar-refractivity contribution < 1.29 is 8.39 Å². The van der Waals surface area contributed by atoms with E-state index < -0.39 is 8.16 Å². The summed E-state index contributed by atoms with van der Waals surface area (Å²) in [5, 5.41) is 7.16. The molecule has 0 saturated carbocycles. The molecule has 3 nitrogen and oxygen atoms in total. The van der Waals surface area contributed by atoms with Gasteiger partial charge in [-0.25, -0.2) is 4.67 Å². The van der Waals surface area contributed by atoms with Gasteiger partial charge in [0.25, 0.3) is 0 Å². The molecule has 30 heavy (non-hydrogen) atoms. The van der Waals surface area contributed by atoms with E-state index in [1.807, 2.05) is 0 Å². The van der Waals surface area contributed by atoms with Gasteiger partial charge < -0.3 is 8.39 Å². The summed E-state index contributed by atoms with van der Waals surface area (Å²) >= 11 is 0. The van der Waals surface area contributed by atoms with E-state index in [0.717, 1.165) is 46.2 Å². The number of benzene rings is 4. The number of aryl methyl sites for hydroxylation is 2. The molecule has 0 fully saturated rings. The van der Waals surface area contributed by atoms with Crippen LogP contribution in [-0.4, -0.2) is 13.1 Å². The molecule has 0 aliphatic carbocycles. The lowest BCUT2D eigenvalue weighted by molar-refractivity contribution is 0.622. The Morgan fingerprint density at radius 2 is 1.13 bits per heavy atom. The van der Waals surface area contributed by atoms with E-state index in [1.165, 1.54) is 21.5 Å². The van der Waals surface area contributed by atoms with E-state index in [2.05, 4.69) is 93.0 Å². The molecule has 5 aromatic rings. The van der Waals surface area contributed by atoms with Crippen molar-refractivity contribution >= 4 is 51.6 Å². The molecular formula is C26H26NO2P. The van der Waals surface area contributed by atoms with Gasteiger partial charge in [0.1, 0.15) is 11.2 Å². The Morgan fingerprint density at radius 1 is 0.700 bits per heavy atom. The Morgan fingerprint density at radius 3 is 1.57 bits per heavy atom. The van der Waals surface area contributed by atoms with Gasteiger partial charge in [-0.3, -0.25) is 0 Å². The first kappa shape index (κ1) is 19.2. The highest BCUT2D eigenvalue weighted by Gasteiger charge is 2.18. The Balaban J connectivity index is 2.17. The molecule has 0 aliphatic heterocycles. The molecule has 0 N–H and O–H groups in total. The van der Waals surface area contributed by atoms with Gasteiger partial charge in [0.2, 0.25) is 0 Å². The smallest absolute Gasteiger partial charge is 0.309 e. The van der Waals surface area contributed by atoms with Crippen molar-refractivity contribution in [3.05, 3.63) is 71.8 Å². The highest BCUT2D eigenvalue weighted by molar-refractivity contribution is 7.38. The van der Waals surface area contributed by atoms with Crippen molar-refractivity contribution in [2.24, 2.45) is 0 Å². The maximum Gasteiger partial charge on any atom is 0.309 e. The van der Waals surface area contributed by atoms with E-state index in [9.17, 15) is 0 Å². The maximum atomic E-state index is 6.69. The molecular weight excluding hydrogens is 389 g/mol. The Bertz CT molecular complexity index is 1340. The molecule has 0 radical (unpaired) electrons. The molecule has 0 unspecified atom stereocenters. The van der Waals surface area contributed by atoms with E-state index >= 15 is 0 Å². The Kier molecular flexibility index (Phi) is 4.81. The summed E-state index contributed by atoms with van der Waals surface area (Å²) in [5.41, 5.74) is 4.18. The summed E-state index contributed by atoms with van der Waals surface area (Å²) in [4.78, 5) is 0. The molecule has 0 aliphatic rings. The fourth-order valence-corrected chi connectivity index (χ4v) is 5.93. The minimum Gasteiger partial charge on any atom is -0.407 e. The van der Waals surface area contributed by atoms with E-state index in [-0.39, 0.29) is 0 Å². The zero-order chi connectivity index (χ0) is 20.8. The van der Waals surface area contributed by atoms with E-state index in [4.69, 9.17) is 8.39 Å². The first-order valence-corrected chi connectivity index (χ1v) is 11.7. The lowest BCUT2D eigenvalue weighted by Crippen LogP contribution is -2.17. The van der Waals surface area contributed by atoms with Gasteiger partial charge in [-0.05, 0) is 58.7 Å². The second-order valence-electron chi connectivity index (χ2n) is 7.80. The fourth-order valence-electron chi connectivity index (χ4n) is 4.41. The number of hydrogen-bond acceptors (Lipinski definition) is 3. The summed E-state index contributed by atoms with van der Waals surface area (Å²) in [5.74, 6) is 0. The monoisotopic (exact) mass is 415 g/mol. The minimum absolute atomic E-state index is 0.881. The summed E-state index contributed by atoms with van der Waals surface area (Å²) in [6, 6.07) is 21.6. The van der Waals surface area contributed by atoms with Crippen LogP contribution in [0, 0.1) is 13.8 Å². The van der Waals surface area contributed by atoms with Gasteiger partial charge in [0.15, 0.2) is 0 Å². The molecule has 0 spiro atoms. The van der Waals surface area contributed by atoms with Crippen LogP contribution in [0.15, 0.2) is 69.1 Å². The molecule has 152 valence electrons. The molecule has 1 aromatic heterocycles. The van der Waals surface area contributed by atoms with Gasteiger partial charge in [-0.2, -0.15) is 0 Å². The Labute approximate surface area is 177 Å². The topological polar surface area (TPSA) is 29.5 Å². The van der Waals surface area contributed by atoms with Crippen molar-refractivity contribution in [1.82, 2.24) is 0 Å². The van der Waals surface area contributed by atoms with Crippen molar-refractivity contribution in [2.45, 2.75) is 27.7 Å². The van der Waals surface area contributed by atoms with E-state index in [1.54, 1.807) is 0 Å². The van der Waals surface area contributed by atoms with Crippen molar-refractivity contribution in [1.29, 1.82) is 0 Å². The van der Waals surface area contributed by atoms with Gasteiger partial charge in [0, 0.05) is 23.9 Å². The van der Waals surface area contributed by atoms with Crippen LogP contribution in [0.25, 0.3) is 43.5 Å². The third-order valence-electron chi connectivity index (χ3n) is 5.92. The molecule has 4 heteroatoms. The molecule has 0 amide bonds. The van der Waals surface area contributed by atoms with E-state index in [0.29, 0.717) is 0 Å². The molecule has 1 heterocycles. The van der Waals surface area contributed by atoms with Crippen LogP contribution in [0.2, 0.25) is 0 Å². The normalized spacial score (nSPS) is 11.9. The van der Waals surface area contributed by atoms with Crippen molar-refractivity contribution in [3.63, 3.8) is 0 Å². The quantitative estimate of drug-likeness (QED) is 0.297. The average molecular weight is 415 g/mol. The summed E-state index contributed by atoms with van der Waals surface area (Å²) in [6.45, 7) is 10.4. The van der Waals surface area contributed by atoms with Crippen molar-refractivity contribution in [2.75, 3.05) is 17.8 Å². The van der Waals surface area contributed by atoms with Crippen LogP contribution < -0.4 is 4.67 Å². The highest BCUT2D eigenvalue weighted by Crippen LogP contribution is 2.43. The average Bonchev–Trinajstić information content (AvgIpc) is 2.94. The lowest BCUT2D eigenvalue weighted by Gasteiger charge is -2.13. The van der Waals surface area contributed by atoms with Crippen LogP contribution in [0.4, 0.5) is 0 Å². The van der Waals surface area contributed by atoms with Gasteiger partial charge >= 0.3 is 8.16 Å². The number of rotatable bonds is 3. The van der Waals surface area contributed by atoms with Crippen molar-refractivity contribution in [3.8, 4) is 0 Å². The second kappa shape index (κ2) is 7.50. The highest BCUT2D eigenvalue weighted by atomic mass is 31.1. The largest absolute Gasteiger partial charge is 0.407 e. The lowest BCUT2D eigenvalue weighted by atomic mass is 9.95. The molecule has 5 rings (SSSR count). The van der Waals surface area contributed by atoms with Gasteiger partial charge in [-0.1, -0.05) is 62.4 Å². The van der Waals surface area contributed by atoms with Gasteiger partial charge in [-0.15, -0.1) is 0 Å². The summed E-state index contributed by atoms with van der Waals surface area (Å²) in [6.07, 6.45) is 0. The SMILES string of the molecule is CCN(CC)p1oc2c(C)cc3ccccc3c2c2c(o1)c(C)cc1ccccc12. The molecule has 4 aromatic carbocycles. The zero-order valence-electron chi connectivity index (χ0n) is 17.9. The number of hydrogen-bond donors (Lipinski definition) is 0. The first-order chi connectivity index (χ1) is 14.6. The van der Waals surface area contributed by atoms with Gasteiger partial charge in [0.05, 0.1) is 0 Å². The van der Waals surface area contributed by atoms with Crippen LogP contribution >= 0.6 is 8.16 Å². The van der Waals surface area contributed by atoms with Crippen LogP contribution in [0.5, 0.6) is 0 Å². The maximum absolute atomic E-state index is 6.69. The third-order valence-corrected chi connectivity index (χ3v) is 7.63. The van der Waals surface area contributed by atoms with Crippen LogP contribution in [0.3, 0.4) is 0 Å². The zero-order valence-corrected chi connectivity index (χ0v) is 18.8. The fraction of sp³-hybridized carbons (Fsp3) is 0.231.